The lowest BCUT2D eigenvalue weighted by Gasteiger charge is -2.12. The number of carbonyl (C=O) groups is 3. The third-order valence-corrected chi connectivity index (χ3v) is 6.12. The predicted octanol–water partition coefficient (Wildman–Crippen LogP) is 2.61. The van der Waals surface area contributed by atoms with E-state index in [0.29, 0.717) is 11.3 Å². The van der Waals surface area contributed by atoms with Gasteiger partial charge < -0.3 is 15.0 Å². The molecule has 9 nitrogen and oxygen atoms in total. The Bertz CT molecular complexity index is 1250. The van der Waals surface area contributed by atoms with Crippen molar-refractivity contribution in [3.63, 3.8) is 0 Å². The van der Waals surface area contributed by atoms with Gasteiger partial charge in [0.1, 0.15) is 0 Å². The number of hydrogen-bond acceptors (Lipinski definition) is 6. The average Bonchev–Trinajstić information content (AvgIpc) is 3.17. The van der Waals surface area contributed by atoms with E-state index in [4.69, 9.17) is 4.74 Å². The fraction of sp³-hybridized carbons (Fsp3) is 0.227. The second-order valence-electron chi connectivity index (χ2n) is 7.10. The van der Waals surface area contributed by atoms with E-state index in [-0.39, 0.29) is 29.6 Å². The van der Waals surface area contributed by atoms with Crippen LogP contribution >= 0.6 is 0 Å². The molecule has 3 N–H and O–H groups in total. The molecule has 1 heterocycles. The van der Waals surface area contributed by atoms with Crippen LogP contribution in [0, 0.1) is 0 Å². The number of rotatable bonds is 9. The van der Waals surface area contributed by atoms with Crippen LogP contribution < -0.4 is 10.0 Å². The number of fused-ring (bicyclic) bond motifs is 1. The van der Waals surface area contributed by atoms with Gasteiger partial charge in [0.2, 0.25) is 21.7 Å². The van der Waals surface area contributed by atoms with Gasteiger partial charge in [-0.3, -0.25) is 14.4 Å². The van der Waals surface area contributed by atoms with Crippen molar-refractivity contribution >= 4 is 44.3 Å². The van der Waals surface area contributed by atoms with E-state index >= 15 is 0 Å². The van der Waals surface area contributed by atoms with E-state index in [1.54, 1.807) is 12.3 Å². The number of H-pyrrole nitrogens is 1. The highest BCUT2D eigenvalue weighted by Gasteiger charge is 2.22. The van der Waals surface area contributed by atoms with Crippen LogP contribution in [-0.2, 0) is 24.3 Å². The SMILES string of the molecule is CC(=O)Nc1ccc(S(=O)(=O)NCCC(=O)OC(C)C(=O)c2c[nH]c3ccccc23)cc1. The topological polar surface area (TPSA) is 134 Å². The van der Waals surface area contributed by atoms with Gasteiger partial charge in [-0.05, 0) is 37.3 Å². The molecule has 0 spiro atoms. The van der Waals surface area contributed by atoms with Gasteiger partial charge >= 0.3 is 5.97 Å². The smallest absolute Gasteiger partial charge is 0.307 e. The van der Waals surface area contributed by atoms with Gasteiger partial charge in [0.15, 0.2) is 6.10 Å². The number of esters is 1. The van der Waals surface area contributed by atoms with Crippen LogP contribution in [0.1, 0.15) is 30.6 Å². The maximum absolute atomic E-state index is 12.6. The second kappa shape index (κ2) is 9.75. The van der Waals surface area contributed by atoms with Crippen molar-refractivity contribution < 1.29 is 27.5 Å². The minimum Gasteiger partial charge on any atom is -0.454 e. The summed E-state index contributed by atoms with van der Waals surface area (Å²) in [6, 6.07) is 12.9. The molecule has 168 valence electrons. The zero-order valence-electron chi connectivity index (χ0n) is 17.5. The summed E-state index contributed by atoms with van der Waals surface area (Å²) in [5.74, 6) is -1.32. The third-order valence-electron chi connectivity index (χ3n) is 4.64. The molecule has 10 heteroatoms. The molecular formula is C22H23N3O6S. The minimum atomic E-state index is -3.85. The maximum Gasteiger partial charge on any atom is 0.307 e. The molecule has 3 rings (SSSR count). The first-order chi connectivity index (χ1) is 15.2. The molecular weight excluding hydrogens is 434 g/mol. The highest BCUT2D eigenvalue weighted by Crippen LogP contribution is 2.20. The van der Waals surface area contributed by atoms with Crippen LogP contribution in [0.3, 0.4) is 0 Å². The Kier molecular flexibility index (Phi) is 7.06. The number of ether oxygens (including phenoxy) is 1. The number of anilines is 1. The number of sulfonamides is 1. The molecule has 3 aromatic rings. The van der Waals surface area contributed by atoms with Crippen LogP contribution in [0.25, 0.3) is 10.9 Å². The molecule has 1 atom stereocenters. The highest BCUT2D eigenvalue weighted by atomic mass is 32.2. The van der Waals surface area contributed by atoms with Crippen molar-refractivity contribution in [1.82, 2.24) is 9.71 Å². The van der Waals surface area contributed by atoms with E-state index in [1.165, 1.54) is 38.1 Å². The molecule has 32 heavy (non-hydrogen) atoms. The van der Waals surface area contributed by atoms with Crippen molar-refractivity contribution in [2.75, 3.05) is 11.9 Å². The van der Waals surface area contributed by atoms with Crippen LogP contribution in [0.15, 0.2) is 59.6 Å². The molecule has 0 aliphatic carbocycles. The third kappa shape index (κ3) is 5.59. The van der Waals surface area contributed by atoms with Gasteiger partial charge in [-0.2, -0.15) is 0 Å². The average molecular weight is 458 g/mol. The first-order valence-electron chi connectivity index (χ1n) is 9.84. The van der Waals surface area contributed by atoms with Gasteiger partial charge in [-0.1, -0.05) is 18.2 Å². The molecule has 0 aliphatic rings. The molecule has 0 saturated heterocycles. The standard InChI is InChI=1S/C22H23N3O6S/c1-14(22(28)19-13-23-20-6-4-3-5-18(19)20)31-21(27)11-12-24-32(29,30)17-9-7-16(8-10-17)25-15(2)26/h3-10,13-14,23-24H,11-12H2,1-2H3,(H,25,26). The number of nitrogens with one attached hydrogen (secondary N) is 3. The Hall–Kier alpha value is -3.50. The number of Topliss-reactive ketones (excluding diaryl/α,β-unsaturated/α-hetero) is 1. The molecule has 0 bridgehead atoms. The minimum absolute atomic E-state index is 0.0112. The summed E-state index contributed by atoms with van der Waals surface area (Å²) in [5, 5.41) is 3.28. The fourth-order valence-corrected chi connectivity index (χ4v) is 4.13. The van der Waals surface area contributed by atoms with Crippen molar-refractivity contribution in [2.24, 2.45) is 0 Å². The fourth-order valence-electron chi connectivity index (χ4n) is 3.10. The maximum atomic E-state index is 12.6. The van der Waals surface area contributed by atoms with Gasteiger partial charge in [-0.25, -0.2) is 13.1 Å². The monoisotopic (exact) mass is 457 g/mol. The quantitative estimate of drug-likeness (QED) is 0.334. The molecule has 0 aliphatic heterocycles. The Morgan fingerprint density at radius 1 is 1.06 bits per heavy atom. The number of amides is 1. The molecule has 0 radical (unpaired) electrons. The summed E-state index contributed by atoms with van der Waals surface area (Å²) in [6.45, 7) is 2.63. The van der Waals surface area contributed by atoms with E-state index in [1.807, 2.05) is 18.2 Å². The van der Waals surface area contributed by atoms with Crippen molar-refractivity contribution in [3.8, 4) is 0 Å². The summed E-state index contributed by atoms with van der Waals surface area (Å²) in [7, 11) is -3.85. The summed E-state index contributed by atoms with van der Waals surface area (Å²) in [6.07, 6.45) is 0.317. The van der Waals surface area contributed by atoms with Crippen LogP contribution in [0.5, 0.6) is 0 Å². The molecule has 1 amide bonds. The van der Waals surface area contributed by atoms with Gasteiger partial charge in [0.25, 0.3) is 0 Å². The first-order valence-corrected chi connectivity index (χ1v) is 11.3. The molecule has 1 aromatic heterocycles. The summed E-state index contributed by atoms with van der Waals surface area (Å²) < 4.78 is 32.2. The normalized spacial score (nSPS) is 12.3. The Balaban J connectivity index is 1.52. The summed E-state index contributed by atoms with van der Waals surface area (Å²) in [5.41, 5.74) is 1.69. The molecule has 2 aromatic carbocycles. The Morgan fingerprint density at radius 3 is 2.44 bits per heavy atom. The second-order valence-corrected chi connectivity index (χ2v) is 8.86. The van der Waals surface area contributed by atoms with E-state index < -0.39 is 22.1 Å². The van der Waals surface area contributed by atoms with Crippen molar-refractivity contribution in [3.05, 3.63) is 60.3 Å². The predicted molar refractivity (Wildman–Crippen MR) is 119 cm³/mol. The van der Waals surface area contributed by atoms with E-state index in [0.717, 1.165) is 10.9 Å². The number of benzene rings is 2. The lowest BCUT2D eigenvalue weighted by Crippen LogP contribution is -2.29. The summed E-state index contributed by atoms with van der Waals surface area (Å²) >= 11 is 0. The summed E-state index contributed by atoms with van der Waals surface area (Å²) in [4.78, 5) is 38.8. The van der Waals surface area contributed by atoms with E-state index in [2.05, 4.69) is 15.0 Å². The van der Waals surface area contributed by atoms with Crippen LogP contribution in [-0.4, -0.2) is 43.7 Å². The number of hydrogen-bond donors (Lipinski definition) is 3. The highest BCUT2D eigenvalue weighted by molar-refractivity contribution is 7.89. The zero-order chi connectivity index (χ0) is 23.3. The molecule has 0 saturated carbocycles. The van der Waals surface area contributed by atoms with Crippen LogP contribution in [0.4, 0.5) is 5.69 Å². The van der Waals surface area contributed by atoms with Gasteiger partial charge in [0.05, 0.1) is 11.3 Å². The Morgan fingerprint density at radius 2 is 1.75 bits per heavy atom. The number of para-hydroxylation sites is 1. The van der Waals surface area contributed by atoms with Crippen LogP contribution in [0.2, 0.25) is 0 Å². The molecule has 0 fully saturated rings. The zero-order valence-corrected chi connectivity index (χ0v) is 18.4. The largest absolute Gasteiger partial charge is 0.454 e. The lowest BCUT2D eigenvalue weighted by molar-refractivity contribution is -0.146. The van der Waals surface area contributed by atoms with E-state index in [9.17, 15) is 22.8 Å². The van der Waals surface area contributed by atoms with Crippen molar-refractivity contribution in [1.29, 1.82) is 0 Å². The molecule has 1 unspecified atom stereocenters. The van der Waals surface area contributed by atoms with Gasteiger partial charge in [0, 0.05) is 41.8 Å². The van der Waals surface area contributed by atoms with Crippen molar-refractivity contribution in [2.45, 2.75) is 31.3 Å². The number of ketones is 1. The number of carbonyl (C=O) groups excluding carboxylic acids is 3. The first kappa shape index (κ1) is 23.2. The number of aromatic amines is 1. The lowest BCUT2D eigenvalue weighted by atomic mass is 10.1. The Labute approximate surface area is 185 Å². The van der Waals surface area contributed by atoms with Gasteiger partial charge in [-0.15, -0.1) is 0 Å². The number of aromatic nitrogens is 1.